The molecule has 4 fully saturated rings. The zero-order valence-corrected chi connectivity index (χ0v) is 22.0. The molecular weight excluding hydrogens is 670 g/mol. The molecule has 5 aliphatic rings. The fourth-order valence-corrected chi connectivity index (χ4v) is 8.69. The number of ether oxygens (including phenoxy) is 3. The van der Waals surface area contributed by atoms with Crippen LogP contribution in [0.3, 0.4) is 0 Å². The van der Waals surface area contributed by atoms with Crippen LogP contribution in [0.4, 0.5) is 0 Å². The molecule has 0 aromatic heterocycles. The normalized spacial score (nSPS) is 38.3. The number of carbonyl (C=O) groups is 4. The van der Waals surface area contributed by atoms with E-state index in [2.05, 4.69) is 0 Å². The van der Waals surface area contributed by atoms with Crippen molar-refractivity contribution >= 4 is 69.1 Å². The van der Waals surface area contributed by atoms with Crippen molar-refractivity contribution in [2.45, 2.75) is 31.5 Å². The number of carboxylic acids is 1. The van der Waals surface area contributed by atoms with E-state index in [-0.39, 0.29) is 53.0 Å². The molecule has 1 aromatic rings. The van der Waals surface area contributed by atoms with Crippen LogP contribution < -0.4 is 4.74 Å². The molecule has 4 aliphatic carbocycles. The Morgan fingerprint density at radius 1 is 1.00 bits per heavy atom. The highest BCUT2D eigenvalue weighted by molar-refractivity contribution is 14.1. The molecule has 9 unspecified atom stereocenters. The van der Waals surface area contributed by atoms with Gasteiger partial charge in [-0.3, -0.25) is 14.4 Å². The maximum Gasteiger partial charge on any atom is 0.339 e. The van der Waals surface area contributed by atoms with Crippen molar-refractivity contribution in [1.29, 1.82) is 0 Å². The molecule has 6 rings (SSSR count). The monoisotopic (exact) mass is 690 g/mol. The second-order valence-corrected chi connectivity index (χ2v) is 12.2. The number of allylic oxidation sites excluding steroid dienone is 2. The van der Waals surface area contributed by atoms with E-state index in [1.54, 1.807) is 6.07 Å². The minimum atomic E-state index is -1.19. The first-order valence-electron chi connectivity index (χ1n) is 11.3. The number of esters is 3. The van der Waals surface area contributed by atoms with E-state index < -0.39 is 35.8 Å². The van der Waals surface area contributed by atoms with Crippen molar-refractivity contribution in [3.63, 3.8) is 0 Å². The fraction of sp³-hybridized carbons (Fsp3) is 0.500. The van der Waals surface area contributed by atoms with Gasteiger partial charge in [0.05, 0.1) is 21.3 Å². The van der Waals surface area contributed by atoms with Crippen molar-refractivity contribution in [2.75, 3.05) is 0 Å². The minimum absolute atomic E-state index is 0.00519. The average molecular weight is 690 g/mol. The predicted octanol–water partition coefficient (Wildman–Crippen LogP) is 3.43. The molecule has 1 aliphatic heterocycles. The Labute approximate surface area is 222 Å². The highest BCUT2D eigenvalue weighted by Gasteiger charge is 2.64. The number of benzene rings is 1. The molecule has 8 nitrogen and oxygen atoms in total. The second kappa shape index (κ2) is 8.17. The second-order valence-electron chi connectivity index (χ2n) is 9.80. The van der Waals surface area contributed by atoms with Crippen molar-refractivity contribution in [3.8, 4) is 5.75 Å². The van der Waals surface area contributed by atoms with Crippen LogP contribution >= 0.6 is 45.2 Å². The van der Waals surface area contributed by atoms with Crippen LogP contribution in [0.15, 0.2) is 24.3 Å². The van der Waals surface area contributed by atoms with E-state index in [4.69, 9.17) is 14.2 Å². The van der Waals surface area contributed by atoms with E-state index in [1.807, 2.05) is 57.3 Å². The lowest BCUT2D eigenvalue weighted by atomic mass is 9.82. The largest absolute Gasteiger partial charge is 0.478 e. The standard InChI is InChI=1S/C24H20I2O8/c25-11-6-14(21(27)28)19(15(26)7-11)33-24(31)17-9-2-1-8(3-9)16(17)23(30)32-18-10-4-12-13(5-10)22(29)34-20(12)18/h1-2,6-10,12-13,16-18,20H,3-5H2,(H,27,28). The highest BCUT2D eigenvalue weighted by Crippen LogP contribution is 2.56. The van der Waals surface area contributed by atoms with Gasteiger partial charge in [0.1, 0.15) is 17.8 Å². The SMILES string of the molecule is O=C(O)c1cc(I)cc(I)c1OC(=O)C1C2C=CC(C2)C1C(=O)OC1C2CC3C(=O)OC1C3C2. The van der Waals surface area contributed by atoms with E-state index in [0.717, 1.165) is 6.42 Å². The first-order chi connectivity index (χ1) is 16.2. The summed E-state index contributed by atoms with van der Waals surface area (Å²) in [4.78, 5) is 50.5. The summed E-state index contributed by atoms with van der Waals surface area (Å²) in [7, 11) is 0. The predicted molar refractivity (Wildman–Crippen MR) is 132 cm³/mol. The Bertz CT molecular complexity index is 1160. The Morgan fingerprint density at radius 2 is 1.71 bits per heavy atom. The smallest absolute Gasteiger partial charge is 0.339 e. The number of fused-ring (bicyclic) bond motifs is 3. The van der Waals surface area contributed by atoms with Crippen molar-refractivity contribution < 1.29 is 38.5 Å². The molecule has 0 radical (unpaired) electrons. The van der Waals surface area contributed by atoms with Gasteiger partial charge < -0.3 is 19.3 Å². The van der Waals surface area contributed by atoms with E-state index in [0.29, 0.717) is 20.0 Å². The van der Waals surface area contributed by atoms with E-state index in [9.17, 15) is 24.3 Å². The summed E-state index contributed by atoms with van der Waals surface area (Å²) >= 11 is 3.96. The summed E-state index contributed by atoms with van der Waals surface area (Å²) in [5.41, 5.74) is -0.0953. The van der Waals surface area contributed by atoms with Crippen LogP contribution in [-0.4, -0.2) is 41.2 Å². The summed E-state index contributed by atoms with van der Waals surface area (Å²) in [6.45, 7) is 0. The molecule has 0 amide bonds. The third-order valence-corrected chi connectivity index (χ3v) is 9.54. The van der Waals surface area contributed by atoms with Crippen molar-refractivity contribution in [2.24, 2.45) is 41.4 Å². The lowest BCUT2D eigenvalue weighted by molar-refractivity contribution is -0.170. The molecule has 34 heavy (non-hydrogen) atoms. The zero-order chi connectivity index (χ0) is 23.9. The lowest BCUT2D eigenvalue weighted by Gasteiger charge is -2.30. The molecule has 3 saturated carbocycles. The highest BCUT2D eigenvalue weighted by atomic mass is 127. The van der Waals surface area contributed by atoms with Gasteiger partial charge in [0.15, 0.2) is 5.75 Å². The number of hydrogen-bond acceptors (Lipinski definition) is 7. The van der Waals surface area contributed by atoms with Gasteiger partial charge in [0.25, 0.3) is 0 Å². The van der Waals surface area contributed by atoms with E-state index >= 15 is 0 Å². The average Bonchev–Trinajstić information content (AvgIpc) is 3.57. The Balaban J connectivity index is 1.23. The molecular formula is C24H20I2O8. The maximum absolute atomic E-state index is 13.4. The summed E-state index contributed by atoms with van der Waals surface area (Å²) in [5, 5.41) is 9.60. The number of hydrogen-bond donors (Lipinski definition) is 1. The van der Waals surface area contributed by atoms with Crippen LogP contribution in [0.25, 0.3) is 0 Å². The van der Waals surface area contributed by atoms with Gasteiger partial charge in [0.2, 0.25) is 0 Å². The summed E-state index contributed by atoms with van der Waals surface area (Å²) in [5.74, 6) is -4.08. The van der Waals surface area contributed by atoms with Gasteiger partial charge in [-0.15, -0.1) is 0 Å². The third-order valence-electron chi connectivity index (χ3n) is 8.11. The molecule has 1 heterocycles. The minimum Gasteiger partial charge on any atom is -0.478 e. The Kier molecular flexibility index (Phi) is 5.47. The number of rotatable bonds is 5. The summed E-state index contributed by atoms with van der Waals surface area (Å²) in [6.07, 6.45) is 5.18. The van der Waals surface area contributed by atoms with Crippen molar-refractivity contribution in [1.82, 2.24) is 0 Å². The van der Waals surface area contributed by atoms with Crippen LogP contribution in [0.1, 0.15) is 29.6 Å². The Morgan fingerprint density at radius 3 is 2.41 bits per heavy atom. The number of carbonyl (C=O) groups excluding carboxylic acids is 3. The van der Waals surface area contributed by atoms with E-state index in [1.165, 1.54) is 6.07 Å². The number of halogens is 2. The van der Waals surface area contributed by atoms with Gasteiger partial charge in [0, 0.05) is 15.4 Å². The maximum atomic E-state index is 13.4. The Hall–Kier alpha value is -1.70. The van der Waals surface area contributed by atoms with Gasteiger partial charge in [-0.1, -0.05) is 12.2 Å². The molecule has 10 heteroatoms. The topological polar surface area (TPSA) is 116 Å². The molecule has 4 bridgehead atoms. The first-order valence-corrected chi connectivity index (χ1v) is 13.4. The molecule has 178 valence electrons. The van der Waals surface area contributed by atoms with Gasteiger partial charge in [-0.2, -0.15) is 0 Å². The molecule has 1 N–H and O–H groups in total. The third kappa shape index (κ3) is 3.41. The molecule has 1 saturated heterocycles. The van der Waals surface area contributed by atoms with Gasteiger partial charge in [-0.05, 0) is 88.4 Å². The lowest BCUT2D eigenvalue weighted by Crippen LogP contribution is -2.42. The van der Waals surface area contributed by atoms with Crippen LogP contribution in [0, 0.1) is 48.6 Å². The van der Waals surface area contributed by atoms with Gasteiger partial charge in [-0.25, -0.2) is 4.79 Å². The van der Waals surface area contributed by atoms with Gasteiger partial charge >= 0.3 is 23.9 Å². The van der Waals surface area contributed by atoms with Crippen LogP contribution in [0.2, 0.25) is 0 Å². The quantitative estimate of drug-likeness (QED) is 0.217. The summed E-state index contributed by atoms with van der Waals surface area (Å²) in [6, 6.07) is 3.18. The number of aromatic carboxylic acids is 1. The fourth-order valence-electron chi connectivity index (χ4n) is 6.73. The zero-order valence-electron chi connectivity index (χ0n) is 17.7. The first kappa shape index (κ1) is 22.7. The number of carboxylic acid groups (broad SMARTS) is 1. The van der Waals surface area contributed by atoms with Crippen LogP contribution in [0.5, 0.6) is 5.75 Å². The molecule has 0 spiro atoms. The van der Waals surface area contributed by atoms with Crippen molar-refractivity contribution in [3.05, 3.63) is 37.0 Å². The van der Waals surface area contributed by atoms with Crippen LogP contribution in [-0.2, 0) is 23.9 Å². The molecule has 1 aromatic carbocycles. The molecule has 9 atom stereocenters. The summed E-state index contributed by atoms with van der Waals surface area (Å²) < 4.78 is 18.3.